The predicted octanol–water partition coefficient (Wildman–Crippen LogP) is 2.44. The van der Waals surface area contributed by atoms with Crippen LogP contribution in [0.5, 0.6) is 0 Å². The molecular weight excluding hydrogens is 234 g/mol. The standard InChI is InChI=1S/C12H17N3OS/c1-3-8(6-16)15-11-10-5-9(4-2)17-12(10)14-7-13-11/h5,7-8,16H,3-4,6H2,1-2H3,(H,13,14,15)/t8-/m0/s1. The van der Waals surface area contributed by atoms with Crippen LogP contribution in [0.15, 0.2) is 12.4 Å². The van der Waals surface area contributed by atoms with Crippen molar-refractivity contribution in [1.82, 2.24) is 9.97 Å². The van der Waals surface area contributed by atoms with Crippen molar-refractivity contribution in [1.29, 1.82) is 0 Å². The molecule has 0 radical (unpaired) electrons. The van der Waals surface area contributed by atoms with E-state index in [0.717, 1.165) is 28.9 Å². The molecule has 2 heterocycles. The molecule has 0 bridgehead atoms. The van der Waals surface area contributed by atoms with E-state index in [1.54, 1.807) is 17.7 Å². The van der Waals surface area contributed by atoms with Gasteiger partial charge in [0.1, 0.15) is 17.0 Å². The fourth-order valence-corrected chi connectivity index (χ4v) is 2.60. The fourth-order valence-electron chi connectivity index (χ4n) is 1.66. The summed E-state index contributed by atoms with van der Waals surface area (Å²) in [5, 5.41) is 13.5. The lowest BCUT2D eigenvalue weighted by molar-refractivity contribution is 0.271. The molecule has 5 heteroatoms. The highest BCUT2D eigenvalue weighted by atomic mass is 32.1. The van der Waals surface area contributed by atoms with Crippen LogP contribution in [0.2, 0.25) is 0 Å². The van der Waals surface area contributed by atoms with Gasteiger partial charge >= 0.3 is 0 Å². The van der Waals surface area contributed by atoms with Crippen LogP contribution in [0.25, 0.3) is 10.2 Å². The first-order chi connectivity index (χ1) is 8.28. The minimum absolute atomic E-state index is 0.0538. The minimum Gasteiger partial charge on any atom is -0.394 e. The van der Waals surface area contributed by atoms with Gasteiger partial charge < -0.3 is 10.4 Å². The Morgan fingerprint density at radius 1 is 1.41 bits per heavy atom. The molecular formula is C12H17N3OS. The maximum Gasteiger partial charge on any atom is 0.138 e. The quantitative estimate of drug-likeness (QED) is 0.857. The van der Waals surface area contributed by atoms with Gasteiger partial charge in [-0.2, -0.15) is 0 Å². The van der Waals surface area contributed by atoms with E-state index >= 15 is 0 Å². The highest BCUT2D eigenvalue weighted by Crippen LogP contribution is 2.28. The molecule has 0 aliphatic rings. The summed E-state index contributed by atoms with van der Waals surface area (Å²) in [6, 6.07) is 2.19. The Labute approximate surface area is 105 Å². The summed E-state index contributed by atoms with van der Waals surface area (Å²) in [6.45, 7) is 4.29. The number of aromatic nitrogens is 2. The highest BCUT2D eigenvalue weighted by Gasteiger charge is 2.11. The summed E-state index contributed by atoms with van der Waals surface area (Å²) in [4.78, 5) is 10.9. The molecule has 1 atom stereocenters. The van der Waals surface area contributed by atoms with Gasteiger partial charge in [-0.1, -0.05) is 13.8 Å². The van der Waals surface area contributed by atoms with Crippen molar-refractivity contribution >= 4 is 27.4 Å². The van der Waals surface area contributed by atoms with E-state index < -0.39 is 0 Å². The van der Waals surface area contributed by atoms with Gasteiger partial charge in [-0.15, -0.1) is 11.3 Å². The fraction of sp³-hybridized carbons (Fsp3) is 0.500. The zero-order chi connectivity index (χ0) is 12.3. The van der Waals surface area contributed by atoms with Crippen LogP contribution in [0, 0.1) is 0 Å². The number of rotatable bonds is 5. The number of fused-ring (bicyclic) bond motifs is 1. The van der Waals surface area contributed by atoms with Crippen LogP contribution in [-0.4, -0.2) is 27.7 Å². The lowest BCUT2D eigenvalue weighted by atomic mass is 10.2. The zero-order valence-corrected chi connectivity index (χ0v) is 10.9. The Morgan fingerprint density at radius 3 is 2.88 bits per heavy atom. The number of hydrogen-bond donors (Lipinski definition) is 2. The number of thiophene rings is 1. The maximum atomic E-state index is 9.21. The lowest BCUT2D eigenvalue weighted by Crippen LogP contribution is -2.23. The van der Waals surface area contributed by atoms with Crippen molar-refractivity contribution in [2.24, 2.45) is 0 Å². The molecule has 0 aromatic carbocycles. The summed E-state index contributed by atoms with van der Waals surface area (Å²) in [7, 11) is 0. The van der Waals surface area contributed by atoms with Crippen LogP contribution >= 0.6 is 11.3 Å². The second kappa shape index (κ2) is 5.42. The van der Waals surface area contributed by atoms with Gasteiger partial charge in [-0.25, -0.2) is 9.97 Å². The SMILES string of the molecule is CCc1cc2c(N[C@@H](CC)CO)ncnc2s1. The van der Waals surface area contributed by atoms with Crippen molar-refractivity contribution in [3.05, 3.63) is 17.3 Å². The summed E-state index contributed by atoms with van der Waals surface area (Å²) in [5.41, 5.74) is 0. The number of aliphatic hydroxyl groups is 1. The van der Waals surface area contributed by atoms with E-state index in [1.165, 1.54) is 4.88 Å². The van der Waals surface area contributed by atoms with E-state index in [0.29, 0.717) is 0 Å². The van der Waals surface area contributed by atoms with Crippen LogP contribution in [0.4, 0.5) is 5.82 Å². The van der Waals surface area contributed by atoms with E-state index in [2.05, 4.69) is 28.3 Å². The molecule has 0 unspecified atom stereocenters. The normalized spacial score (nSPS) is 12.9. The molecule has 0 saturated heterocycles. The third kappa shape index (κ3) is 2.56. The Bertz CT molecular complexity index is 493. The van der Waals surface area contributed by atoms with Crippen LogP contribution in [0.1, 0.15) is 25.1 Å². The Kier molecular flexibility index (Phi) is 3.91. The van der Waals surface area contributed by atoms with Crippen molar-refractivity contribution in [2.75, 3.05) is 11.9 Å². The third-order valence-electron chi connectivity index (χ3n) is 2.78. The summed E-state index contributed by atoms with van der Waals surface area (Å²) in [5.74, 6) is 0.826. The number of aliphatic hydroxyl groups excluding tert-OH is 1. The smallest absolute Gasteiger partial charge is 0.138 e. The molecule has 92 valence electrons. The average Bonchev–Trinajstić information content (AvgIpc) is 2.79. The molecule has 0 aliphatic carbocycles. The van der Waals surface area contributed by atoms with Crippen LogP contribution in [-0.2, 0) is 6.42 Å². The Hall–Kier alpha value is -1.20. The molecule has 0 spiro atoms. The number of anilines is 1. The van der Waals surface area contributed by atoms with E-state index in [-0.39, 0.29) is 12.6 Å². The first-order valence-corrected chi connectivity index (χ1v) is 6.70. The topological polar surface area (TPSA) is 58.0 Å². The molecule has 2 rings (SSSR count). The van der Waals surface area contributed by atoms with Gasteiger partial charge in [0.25, 0.3) is 0 Å². The molecule has 2 N–H and O–H groups in total. The Balaban J connectivity index is 2.36. The van der Waals surface area contributed by atoms with Gasteiger partial charge in [0.15, 0.2) is 0 Å². The van der Waals surface area contributed by atoms with Gasteiger partial charge in [0, 0.05) is 4.88 Å². The van der Waals surface area contributed by atoms with E-state index in [9.17, 15) is 5.11 Å². The van der Waals surface area contributed by atoms with Crippen molar-refractivity contribution in [3.63, 3.8) is 0 Å². The molecule has 0 fully saturated rings. The minimum atomic E-state index is 0.0538. The molecule has 2 aromatic heterocycles. The first-order valence-electron chi connectivity index (χ1n) is 5.89. The van der Waals surface area contributed by atoms with Gasteiger partial charge in [0.2, 0.25) is 0 Å². The number of nitrogens with zero attached hydrogens (tertiary/aromatic N) is 2. The van der Waals surface area contributed by atoms with Gasteiger partial charge in [-0.3, -0.25) is 0 Å². The molecule has 0 aliphatic heterocycles. The molecule has 2 aromatic rings. The van der Waals surface area contributed by atoms with Crippen molar-refractivity contribution in [3.8, 4) is 0 Å². The van der Waals surface area contributed by atoms with Crippen LogP contribution in [0.3, 0.4) is 0 Å². The summed E-state index contributed by atoms with van der Waals surface area (Å²) < 4.78 is 0. The summed E-state index contributed by atoms with van der Waals surface area (Å²) in [6.07, 6.45) is 3.45. The maximum absolute atomic E-state index is 9.21. The van der Waals surface area contributed by atoms with E-state index in [4.69, 9.17) is 0 Å². The van der Waals surface area contributed by atoms with Crippen molar-refractivity contribution in [2.45, 2.75) is 32.7 Å². The molecule has 0 amide bonds. The second-order valence-corrected chi connectivity index (χ2v) is 5.05. The molecule has 17 heavy (non-hydrogen) atoms. The molecule has 4 nitrogen and oxygen atoms in total. The lowest BCUT2D eigenvalue weighted by Gasteiger charge is -2.14. The largest absolute Gasteiger partial charge is 0.394 e. The third-order valence-corrected chi connectivity index (χ3v) is 3.97. The monoisotopic (exact) mass is 251 g/mol. The molecule has 0 saturated carbocycles. The predicted molar refractivity (Wildman–Crippen MR) is 71.6 cm³/mol. The van der Waals surface area contributed by atoms with E-state index in [1.807, 2.05) is 6.92 Å². The number of aryl methyl sites for hydroxylation is 1. The highest BCUT2D eigenvalue weighted by molar-refractivity contribution is 7.18. The Morgan fingerprint density at radius 2 is 2.24 bits per heavy atom. The first kappa shape index (κ1) is 12.3. The zero-order valence-electron chi connectivity index (χ0n) is 10.1. The van der Waals surface area contributed by atoms with Gasteiger partial charge in [-0.05, 0) is 18.9 Å². The second-order valence-electron chi connectivity index (χ2n) is 3.94. The summed E-state index contributed by atoms with van der Waals surface area (Å²) >= 11 is 1.70. The van der Waals surface area contributed by atoms with Gasteiger partial charge in [0.05, 0.1) is 18.0 Å². The van der Waals surface area contributed by atoms with Crippen molar-refractivity contribution < 1.29 is 5.11 Å². The van der Waals surface area contributed by atoms with Crippen LogP contribution < -0.4 is 5.32 Å². The average molecular weight is 251 g/mol. The number of nitrogens with one attached hydrogen (secondary N) is 1. The number of hydrogen-bond acceptors (Lipinski definition) is 5.